The van der Waals surface area contributed by atoms with Crippen LogP contribution in [-0.4, -0.2) is 61.8 Å². The standard InChI is InChI=1S/C25H25N9OS/c1-25(2,14-35)30-20-8-21(22-6-5-18-7-15(9-26)10-28-34(18)22)27-11-19(20)23-31-32-24(36-23)33-12-16-3-4-17(13-33)29-16/h5-8,10-11,14,16-17,29H,3-4,12-13H2,1-2H3,(H,27,30). The largest absolute Gasteiger partial charge is 0.373 e. The second-order valence-corrected chi connectivity index (χ2v) is 10.9. The van der Waals surface area contributed by atoms with Gasteiger partial charge in [-0.2, -0.15) is 10.4 Å². The highest BCUT2D eigenvalue weighted by molar-refractivity contribution is 7.18. The van der Waals surface area contributed by atoms with Gasteiger partial charge in [0.05, 0.1) is 39.8 Å². The highest BCUT2D eigenvalue weighted by Gasteiger charge is 2.33. The number of nitrogens with zero attached hydrogens (tertiary/aromatic N) is 7. The molecule has 2 aliphatic rings. The van der Waals surface area contributed by atoms with Crippen molar-refractivity contribution >= 4 is 34.0 Å². The average molecular weight is 500 g/mol. The minimum Gasteiger partial charge on any atom is -0.373 e. The summed E-state index contributed by atoms with van der Waals surface area (Å²) in [6, 6.07) is 10.7. The third-order valence-corrected chi connectivity index (χ3v) is 7.70. The van der Waals surface area contributed by atoms with E-state index in [1.807, 2.05) is 32.0 Å². The van der Waals surface area contributed by atoms with E-state index in [-0.39, 0.29) is 0 Å². The normalized spacial score (nSPS) is 19.4. The van der Waals surface area contributed by atoms with E-state index in [1.54, 1.807) is 28.1 Å². The van der Waals surface area contributed by atoms with Crippen LogP contribution < -0.4 is 15.5 Å². The van der Waals surface area contributed by atoms with Crippen LogP contribution in [0.2, 0.25) is 0 Å². The molecule has 11 heteroatoms. The topological polar surface area (TPSA) is 124 Å². The Morgan fingerprint density at radius 3 is 2.75 bits per heavy atom. The zero-order valence-electron chi connectivity index (χ0n) is 20.0. The number of pyridine rings is 1. The van der Waals surface area contributed by atoms with Gasteiger partial charge in [-0.15, -0.1) is 10.2 Å². The van der Waals surface area contributed by atoms with Crippen LogP contribution >= 0.6 is 11.3 Å². The van der Waals surface area contributed by atoms with Crippen molar-refractivity contribution in [1.29, 1.82) is 5.26 Å². The molecule has 0 aromatic carbocycles. The molecule has 2 unspecified atom stereocenters. The van der Waals surface area contributed by atoms with Crippen LogP contribution in [-0.2, 0) is 4.79 Å². The van der Waals surface area contributed by atoms with Crippen molar-refractivity contribution in [3.63, 3.8) is 0 Å². The Bertz CT molecular complexity index is 1490. The number of aldehydes is 1. The quantitative estimate of drug-likeness (QED) is 0.385. The summed E-state index contributed by atoms with van der Waals surface area (Å²) in [6.07, 6.45) is 6.59. The van der Waals surface area contributed by atoms with Gasteiger partial charge in [0, 0.05) is 37.1 Å². The molecule has 6 heterocycles. The van der Waals surface area contributed by atoms with Gasteiger partial charge in [-0.3, -0.25) is 4.98 Å². The van der Waals surface area contributed by atoms with Crippen LogP contribution in [0.3, 0.4) is 0 Å². The Morgan fingerprint density at radius 1 is 1.19 bits per heavy atom. The lowest BCUT2D eigenvalue weighted by Crippen LogP contribution is -2.51. The first-order valence-electron chi connectivity index (χ1n) is 11.9. The minimum atomic E-state index is -0.792. The molecule has 4 aromatic heterocycles. The van der Waals surface area contributed by atoms with Gasteiger partial charge < -0.3 is 20.3 Å². The summed E-state index contributed by atoms with van der Waals surface area (Å²) in [5, 5.41) is 31.2. The molecule has 6 rings (SSSR count). The van der Waals surface area contributed by atoms with Crippen molar-refractivity contribution in [2.45, 2.75) is 44.3 Å². The zero-order chi connectivity index (χ0) is 24.9. The van der Waals surface area contributed by atoms with Gasteiger partial charge in [-0.05, 0) is 51.0 Å². The highest BCUT2D eigenvalue weighted by Crippen LogP contribution is 2.37. The fraction of sp³-hybridized carbons (Fsp3) is 0.360. The van der Waals surface area contributed by atoms with E-state index < -0.39 is 5.54 Å². The Labute approximate surface area is 212 Å². The van der Waals surface area contributed by atoms with E-state index in [4.69, 9.17) is 4.98 Å². The second-order valence-electron chi connectivity index (χ2n) is 9.92. The van der Waals surface area contributed by atoms with Gasteiger partial charge >= 0.3 is 0 Å². The third kappa shape index (κ3) is 4.08. The molecular formula is C25H25N9OS. The monoisotopic (exact) mass is 499 g/mol. The van der Waals surface area contributed by atoms with E-state index in [0.29, 0.717) is 23.3 Å². The molecule has 0 radical (unpaired) electrons. The molecule has 182 valence electrons. The molecule has 2 aliphatic heterocycles. The number of anilines is 2. The molecule has 2 saturated heterocycles. The van der Waals surface area contributed by atoms with Crippen molar-refractivity contribution in [1.82, 2.24) is 30.1 Å². The van der Waals surface area contributed by atoms with E-state index in [1.165, 1.54) is 19.0 Å². The summed E-state index contributed by atoms with van der Waals surface area (Å²) < 4.78 is 1.75. The first-order chi connectivity index (χ1) is 17.4. The third-order valence-electron chi connectivity index (χ3n) is 6.68. The number of piperazine rings is 1. The lowest BCUT2D eigenvalue weighted by atomic mass is 10.1. The SMILES string of the molecule is CC(C)(C=O)Nc1cc(-c2ccc3cc(C#N)cnn23)ncc1-c1nnc(N2CC3CCC(C2)N3)s1. The Morgan fingerprint density at radius 2 is 2.00 bits per heavy atom. The molecule has 0 aliphatic carbocycles. The van der Waals surface area contributed by atoms with Crippen LogP contribution in [0, 0.1) is 11.3 Å². The van der Waals surface area contributed by atoms with Gasteiger partial charge in [0.15, 0.2) is 5.01 Å². The average Bonchev–Trinajstić information content (AvgIpc) is 3.62. The van der Waals surface area contributed by atoms with Crippen LogP contribution in [0.25, 0.3) is 27.5 Å². The maximum absolute atomic E-state index is 11.7. The number of aromatic nitrogens is 5. The second kappa shape index (κ2) is 8.65. The summed E-state index contributed by atoms with van der Waals surface area (Å²) in [5.41, 5.74) is 3.50. The summed E-state index contributed by atoms with van der Waals surface area (Å²) in [4.78, 5) is 18.8. The van der Waals surface area contributed by atoms with Crippen molar-refractivity contribution in [2.75, 3.05) is 23.3 Å². The molecular weight excluding hydrogens is 474 g/mol. The molecule has 4 aromatic rings. The lowest BCUT2D eigenvalue weighted by Gasteiger charge is -2.32. The molecule has 2 fully saturated rings. The smallest absolute Gasteiger partial charge is 0.208 e. The molecule has 10 nitrogen and oxygen atoms in total. The maximum Gasteiger partial charge on any atom is 0.208 e. The van der Waals surface area contributed by atoms with Crippen molar-refractivity contribution in [2.24, 2.45) is 0 Å². The highest BCUT2D eigenvalue weighted by atomic mass is 32.1. The van der Waals surface area contributed by atoms with Gasteiger partial charge in [0.25, 0.3) is 0 Å². The van der Waals surface area contributed by atoms with Crippen molar-refractivity contribution in [3.8, 4) is 28.0 Å². The van der Waals surface area contributed by atoms with E-state index in [2.05, 4.69) is 36.9 Å². The number of carbonyl (C=O) groups excluding carboxylic acids is 1. The summed E-state index contributed by atoms with van der Waals surface area (Å²) in [7, 11) is 0. The Hall–Kier alpha value is -3.88. The number of hydrogen-bond acceptors (Lipinski definition) is 10. The molecule has 2 N–H and O–H groups in total. The number of carbonyl (C=O) groups is 1. The first kappa shape index (κ1) is 22.6. The number of fused-ring (bicyclic) bond motifs is 3. The number of rotatable bonds is 6. The predicted molar refractivity (Wildman–Crippen MR) is 138 cm³/mol. The number of hydrogen-bond donors (Lipinski definition) is 2. The van der Waals surface area contributed by atoms with Crippen LogP contribution in [0.15, 0.2) is 36.7 Å². The first-order valence-corrected chi connectivity index (χ1v) is 12.7. The molecule has 0 saturated carbocycles. The molecule has 2 atom stereocenters. The maximum atomic E-state index is 11.7. The van der Waals surface area contributed by atoms with Crippen LogP contribution in [0.1, 0.15) is 32.3 Å². The minimum absolute atomic E-state index is 0.495. The Kier molecular flexibility index (Phi) is 5.43. The predicted octanol–water partition coefficient (Wildman–Crippen LogP) is 3.12. The molecule has 36 heavy (non-hydrogen) atoms. The summed E-state index contributed by atoms with van der Waals surface area (Å²) in [6.45, 7) is 5.52. The molecule has 0 spiro atoms. The summed E-state index contributed by atoms with van der Waals surface area (Å²) in [5.74, 6) is 0. The Balaban J connectivity index is 1.38. The lowest BCUT2D eigenvalue weighted by molar-refractivity contribution is -0.110. The fourth-order valence-corrected chi connectivity index (χ4v) is 5.79. The van der Waals surface area contributed by atoms with E-state index >= 15 is 0 Å². The van der Waals surface area contributed by atoms with Crippen LogP contribution in [0.5, 0.6) is 0 Å². The number of nitrogens with one attached hydrogen (secondary N) is 2. The zero-order valence-corrected chi connectivity index (χ0v) is 20.8. The summed E-state index contributed by atoms with van der Waals surface area (Å²) >= 11 is 1.54. The van der Waals surface area contributed by atoms with Crippen LogP contribution in [0.4, 0.5) is 10.8 Å². The van der Waals surface area contributed by atoms with Gasteiger partial charge in [-0.1, -0.05) is 11.3 Å². The molecule has 2 bridgehead atoms. The van der Waals surface area contributed by atoms with E-state index in [0.717, 1.165) is 52.0 Å². The van der Waals surface area contributed by atoms with Gasteiger partial charge in [0.1, 0.15) is 12.4 Å². The van der Waals surface area contributed by atoms with Crippen molar-refractivity contribution in [3.05, 3.63) is 42.2 Å². The van der Waals surface area contributed by atoms with E-state index in [9.17, 15) is 10.1 Å². The van der Waals surface area contributed by atoms with Gasteiger partial charge in [-0.25, -0.2) is 4.52 Å². The van der Waals surface area contributed by atoms with Gasteiger partial charge in [0.2, 0.25) is 5.13 Å². The fourth-order valence-electron chi connectivity index (χ4n) is 4.91. The molecule has 0 amide bonds. The van der Waals surface area contributed by atoms with Crippen molar-refractivity contribution < 1.29 is 4.79 Å². The number of nitriles is 1.